The van der Waals surface area contributed by atoms with E-state index < -0.39 is 17.2 Å². The molecule has 1 aliphatic carbocycles. The Balaban J connectivity index is 2.05. The van der Waals surface area contributed by atoms with Crippen molar-refractivity contribution in [3.05, 3.63) is 20.8 Å². The number of nitrogens with zero attached hydrogens (tertiary/aromatic N) is 1. The lowest BCUT2D eigenvalue weighted by Crippen LogP contribution is -2.30. The summed E-state index contributed by atoms with van der Waals surface area (Å²) in [7, 11) is 0. The standard InChI is InChI=1S/C9H12N4O4/c14-7-6(12-13-9(17)11-7)10-5-2-1-4(3-5)8(15)16/h4-5H,1-3H2,(H,10,12)(H,15,16)(H2,11,13,14,17). The summed E-state index contributed by atoms with van der Waals surface area (Å²) in [6.07, 6.45) is 1.70. The minimum atomic E-state index is -0.822. The molecular formula is C9H12N4O4. The molecule has 1 saturated carbocycles. The Morgan fingerprint density at radius 2 is 2.18 bits per heavy atom. The quantitative estimate of drug-likeness (QED) is 0.543. The fourth-order valence-corrected chi connectivity index (χ4v) is 1.98. The minimum absolute atomic E-state index is 0.0145. The van der Waals surface area contributed by atoms with E-state index >= 15 is 0 Å². The van der Waals surface area contributed by atoms with Crippen molar-refractivity contribution in [1.29, 1.82) is 0 Å². The van der Waals surface area contributed by atoms with E-state index in [1.165, 1.54) is 0 Å². The number of carboxylic acids is 1. The molecule has 4 N–H and O–H groups in total. The van der Waals surface area contributed by atoms with Crippen molar-refractivity contribution in [2.24, 2.45) is 5.92 Å². The molecule has 1 aromatic heterocycles. The Kier molecular flexibility index (Phi) is 2.94. The topological polar surface area (TPSA) is 128 Å². The first kappa shape index (κ1) is 11.4. The minimum Gasteiger partial charge on any atom is -0.481 e. The summed E-state index contributed by atoms with van der Waals surface area (Å²) in [5.74, 6) is -1.19. The van der Waals surface area contributed by atoms with Gasteiger partial charge in [0.05, 0.1) is 5.92 Å². The highest BCUT2D eigenvalue weighted by Crippen LogP contribution is 2.27. The summed E-state index contributed by atoms with van der Waals surface area (Å²) < 4.78 is 0. The third-order valence-electron chi connectivity index (χ3n) is 2.83. The van der Waals surface area contributed by atoms with E-state index in [0.717, 1.165) is 0 Å². The van der Waals surface area contributed by atoms with Crippen LogP contribution in [0.1, 0.15) is 19.3 Å². The SMILES string of the molecule is O=C(O)C1CCC(Nc2n[nH]c(=O)[nH]c2=O)C1. The number of carboxylic acid groups (broad SMARTS) is 1. The zero-order chi connectivity index (χ0) is 12.4. The molecule has 2 unspecified atom stereocenters. The molecule has 0 spiro atoms. The lowest BCUT2D eigenvalue weighted by atomic mass is 10.1. The average molecular weight is 240 g/mol. The van der Waals surface area contributed by atoms with Crippen LogP contribution in [0.3, 0.4) is 0 Å². The maximum absolute atomic E-state index is 11.3. The highest BCUT2D eigenvalue weighted by molar-refractivity contribution is 5.70. The van der Waals surface area contributed by atoms with Crippen LogP contribution in [0.25, 0.3) is 0 Å². The molecule has 1 aromatic rings. The predicted molar refractivity (Wildman–Crippen MR) is 57.9 cm³/mol. The molecule has 1 fully saturated rings. The maximum Gasteiger partial charge on any atom is 0.342 e. The van der Waals surface area contributed by atoms with Crippen LogP contribution in [0.15, 0.2) is 9.59 Å². The maximum atomic E-state index is 11.3. The smallest absolute Gasteiger partial charge is 0.342 e. The third-order valence-corrected chi connectivity index (χ3v) is 2.83. The normalized spacial score (nSPS) is 23.5. The molecule has 0 amide bonds. The van der Waals surface area contributed by atoms with Gasteiger partial charge in [0.1, 0.15) is 0 Å². The third kappa shape index (κ3) is 2.52. The van der Waals surface area contributed by atoms with E-state index in [-0.39, 0.29) is 17.8 Å². The zero-order valence-corrected chi connectivity index (χ0v) is 8.90. The molecule has 0 saturated heterocycles. The van der Waals surface area contributed by atoms with E-state index in [1.807, 2.05) is 4.98 Å². The first-order chi connectivity index (χ1) is 8.06. The molecule has 17 heavy (non-hydrogen) atoms. The van der Waals surface area contributed by atoms with E-state index in [9.17, 15) is 14.4 Å². The molecule has 0 radical (unpaired) electrons. The van der Waals surface area contributed by atoms with Gasteiger partial charge in [-0.2, -0.15) is 0 Å². The van der Waals surface area contributed by atoms with Crippen LogP contribution in [0, 0.1) is 5.92 Å². The molecule has 0 aliphatic heterocycles. The van der Waals surface area contributed by atoms with Crippen LogP contribution in [-0.2, 0) is 4.79 Å². The number of aromatic nitrogens is 3. The van der Waals surface area contributed by atoms with Crippen molar-refractivity contribution in [2.75, 3.05) is 5.32 Å². The van der Waals surface area contributed by atoms with Gasteiger partial charge in [-0.05, 0) is 19.3 Å². The number of hydrogen-bond acceptors (Lipinski definition) is 5. The van der Waals surface area contributed by atoms with Gasteiger partial charge in [0.2, 0.25) is 5.82 Å². The van der Waals surface area contributed by atoms with Gasteiger partial charge in [0.25, 0.3) is 5.56 Å². The van der Waals surface area contributed by atoms with Crippen LogP contribution in [-0.4, -0.2) is 32.3 Å². The molecule has 8 heteroatoms. The van der Waals surface area contributed by atoms with Crippen molar-refractivity contribution in [3.8, 4) is 0 Å². The molecule has 8 nitrogen and oxygen atoms in total. The second-order valence-electron chi connectivity index (χ2n) is 4.04. The summed E-state index contributed by atoms with van der Waals surface area (Å²) in [5.41, 5.74) is -1.28. The fraction of sp³-hybridized carbons (Fsp3) is 0.556. The van der Waals surface area contributed by atoms with Crippen molar-refractivity contribution in [1.82, 2.24) is 15.2 Å². The molecule has 2 atom stereocenters. The van der Waals surface area contributed by atoms with Crippen LogP contribution < -0.4 is 16.6 Å². The van der Waals surface area contributed by atoms with Gasteiger partial charge in [-0.1, -0.05) is 0 Å². The summed E-state index contributed by atoms with van der Waals surface area (Å²) >= 11 is 0. The Labute approximate surface area is 95.1 Å². The Morgan fingerprint density at radius 3 is 2.76 bits per heavy atom. The largest absolute Gasteiger partial charge is 0.481 e. The Bertz CT molecular complexity index is 534. The first-order valence-corrected chi connectivity index (χ1v) is 5.24. The molecule has 0 bridgehead atoms. The molecule has 92 valence electrons. The second kappa shape index (κ2) is 4.40. The van der Waals surface area contributed by atoms with Gasteiger partial charge in [0.15, 0.2) is 0 Å². The van der Waals surface area contributed by atoms with Gasteiger partial charge >= 0.3 is 11.7 Å². The highest BCUT2D eigenvalue weighted by Gasteiger charge is 2.30. The highest BCUT2D eigenvalue weighted by atomic mass is 16.4. The van der Waals surface area contributed by atoms with E-state index in [2.05, 4.69) is 15.5 Å². The molecule has 2 rings (SSSR count). The van der Waals surface area contributed by atoms with Crippen LogP contribution in [0.4, 0.5) is 5.82 Å². The summed E-state index contributed by atoms with van der Waals surface area (Å²) in [6.45, 7) is 0. The van der Waals surface area contributed by atoms with Gasteiger partial charge in [-0.25, -0.2) is 9.89 Å². The van der Waals surface area contributed by atoms with E-state index in [1.54, 1.807) is 0 Å². The Hall–Kier alpha value is -2.12. The molecule has 0 aromatic carbocycles. The van der Waals surface area contributed by atoms with Crippen molar-refractivity contribution in [3.63, 3.8) is 0 Å². The van der Waals surface area contributed by atoms with Crippen LogP contribution in [0.2, 0.25) is 0 Å². The summed E-state index contributed by atoms with van der Waals surface area (Å²) in [4.78, 5) is 34.9. The number of nitrogens with one attached hydrogen (secondary N) is 3. The van der Waals surface area contributed by atoms with E-state index in [4.69, 9.17) is 5.11 Å². The average Bonchev–Trinajstić information content (AvgIpc) is 2.71. The number of aliphatic carboxylic acids is 1. The van der Waals surface area contributed by atoms with Gasteiger partial charge in [-0.3, -0.25) is 14.6 Å². The zero-order valence-electron chi connectivity index (χ0n) is 8.90. The molecule has 1 aliphatic rings. The number of rotatable bonds is 3. The second-order valence-corrected chi connectivity index (χ2v) is 4.04. The number of hydrogen-bond donors (Lipinski definition) is 4. The number of aromatic amines is 2. The van der Waals surface area contributed by atoms with Crippen LogP contribution in [0.5, 0.6) is 0 Å². The molecular weight excluding hydrogens is 228 g/mol. The van der Waals surface area contributed by atoms with Crippen molar-refractivity contribution in [2.45, 2.75) is 25.3 Å². The number of H-pyrrole nitrogens is 2. The summed E-state index contributed by atoms with van der Waals surface area (Å²) in [5, 5.41) is 17.3. The van der Waals surface area contributed by atoms with E-state index in [0.29, 0.717) is 19.3 Å². The monoisotopic (exact) mass is 240 g/mol. The lowest BCUT2D eigenvalue weighted by Gasteiger charge is -2.11. The fourth-order valence-electron chi connectivity index (χ4n) is 1.98. The first-order valence-electron chi connectivity index (χ1n) is 5.24. The van der Waals surface area contributed by atoms with Crippen LogP contribution >= 0.6 is 0 Å². The molecule has 1 heterocycles. The number of carbonyl (C=O) groups is 1. The van der Waals surface area contributed by atoms with Crippen molar-refractivity contribution >= 4 is 11.8 Å². The Morgan fingerprint density at radius 1 is 1.41 bits per heavy atom. The predicted octanol–water partition coefficient (Wildman–Crippen LogP) is -0.877. The van der Waals surface area contributed by atoms with Gasteiger partial charge in [0, 0.05) is 6.04 Å². The lowest BCUT2D eigenvalue weighted by molar-refractivity contribution is -0.141. The van der Waals surface area contributed by atoms with Gasteiger partial charge in [-0.15, -0.1) is 5.10 Å². The summed E-state index contributed by atoms with van der Waals surface area (Å²) in [6, 6.07) is -0.101. The van der Waals surface area contributed by atoms with Crippen molar-refractivity contribution < 1.29 is 9.90 Å². The number of anilines is 1. The van der Waals surface area contributed by atoms with Gasteiger partial charge < -0.3 is 10.4 Å².